The highest BCUT2D eigenvalue weighted by molar-refractivity contribution is 5.94. The molecule has 0 bridgehead atoms. The number of fused-ring (bicyclic) bond motifs is 1. The first-order chi connectivity index (χ1) is 12.8. The molecule has 142 valence electrons. The first-order valence-electron chi connectivity index (χ1n) is 9.77. The van der Waals surface area contributed by atoms with Crippen molar-refractivity contribution < 1.29 is 0 Å². The standard InChI is InChI=1S/C18H30N8/c1-4-9-20-15-14-13(22-17(19-3)24-15)16(21-10-5-2)25-18(23-14)26-11-7-6-8-12-26/h4-12H2,1-3H3,(H,21,23,25)(H2,19,20,22,24). The van der Waals surface area contributed by atoms with Crippen molar-refractivity contribution in [2.24, 2.45) is 0 Å². The number of piperidine rings is 1. The fraction of sp³-hybridized carbons (Fsp3) is 0.667. The van der Waals surface area contributed by atoms with Gasteiger partial charge in [0.05, 0.1) is 0 Å². The number of hydrogen-bond donors (Lipinski definition) is 3. The molecule has 0 spiro atoms. The third-order valence-electron chi connectivity index (χ3n) is 4.48. The Morgan fingerprint density at radius 3 is 2.04 bits per heavy atom. The normalized spacial score (nSPS) is 14.5. The molecule has 0 aromatic carbocycles. The van der Waals surface area contributed by atoms with Crippen LogP contribution < -0.4 is 20.9 Å². The average molecular weight is 358 g/mol. The number of hydrogen-bond acceptors (Lipinski definition) is 8. The van der Waals surface area contributed by atoms with Gasteiger partial charge in [-0.2, -0.15) is 9.97 Å². The molecule has 8 nitrogen and oxygen atoms in total. The van der Waals surface area contributed by atoms with Gasteiger partial charge in [0.1, 0.15) is 11.0 Å². The molecular weight excluding hydrogens is 328 g/mol. The maximum Gasteiger partial charge on any atom is 0.228 e. The Hall–Kier alpha value is -2.38. The van der Waals surface area contributed by atoms with Gasteiger partial charge in [-0.05, 0) is 32.1 Å². The number of aromatic nitrogens is 4. The van der Waals surface area contributed by atoms with Crippen LogP contribution in [-0.4, -0.2) is 53.2 Å². The van der Waals surface area contributed by atoms with Crippen LogP contribution in [0.2, 0.25) is 0 Å². The number of anilines is 4. The second kappa shape index (κ2) is 8.82. The van der Waals surface area contributed by atoms with E-state index in [9.17, 15) is 0 Å². The van der Waals surface area contributed by atoms with Gasteiger partial charge in [-0.25, -0.2) is 9.97 Å². The summed E-state index contributed by atoms with van der Waals surface area (Å²) in [4.78, 5) is 21.2. The molecule has 2 aromatic heterocycles. The van der Waals surface area contributed by atoms with E-state index in [1.165, 1.54) is 19.3 Å². The molecule has 1 aliphatic rings. The van der Waals surface area contributed by atoms with E-state index in [2.05, 4.69) is 44.7 Å². The average Bonchev–Trinajstić information content (AvgIpc) is 2.70. The zero-order valence-electron chi connectivity index (χ0n) is 16.1. The van der Waals surface area contributed by atoms with Crippen LogP contribution in [0, 0.1) is 0 Å². The van der Waals surface area contributed by atoms with E-state index >= 15 is 0 Å². The molecule has 3 heterocycles. The summed E-state index contributed by atoms with van der Waals surface area (Å²) in [5.41, 5.74) is 1.55. The molecule has 3 N–H and O–H groups in total. The van der Waals surface area contributed by atoms with Crippen LogP contribution in [0.3, 0.4) is 0 Å². The largest absolute Gasteiger partial charge is 0.368 e. The summed E-state index contributed by atoms with van der Waals surface area (Å²) in [7, 11) is 1.83. The Bertz CT molecular complexity index is 727. The Balaban J connectivity index is 2.11. The molecule has 2 aromatic rings. The van der Waals surface area contributed by atoms with Gasteiger partial charge in [-0.15, -0.1) is 0 Å². The third-order valence-corrected chi connectivity index (χ3v) is 4.48. The molecule has 0 unspecified atom stereocenters. The second-order valence-electron chi connectivity index (χ2n) is 6.62. The Labute approximate surface area is 155 Å². The Morgan fingerprint density at radius 1 is 0.808 bits per heavy atom. The Morgan fingerprint density at radius 2 is 1.42 bits per heavy atom. The van der Waals surface area contributed by atoms with E-state index in [4.69, 9.17) is 9.97 Å². The summed E-state index contributed by atoms with van der Waals surface area (Å²) in [6.45, 7) is 7.98. The van der Waals surface area contributed by atoms with Crippen LogP contribution >= 0.6 is 0 Å². The van der Waals surface area contributed by atoms with Crippen LogP contribution in [0.1, 0.15) is 46.0 Å². The van der Waals surface area contributed by atoms with Crippen LogP contribution in [0.4, 0.5) is 23.5 Å². The molecule has 0 radical (unpaired) electrons. The maximum atomic E-state index is 4.86. The van der Waals surface area contributed by atoms with Gasteiger partial charge in [-0.3, -0.25) is 0 Å². The first kappa shape index (κ1) is 18.4. The maximum absolute atomic E-state index is 4.86. The van der Waals surface area contributed by atoms with Gasteiger partial charge >= 0.3 is 0 Å². The summed E-state index contributed by atoms with van der Waals surface area (Å²) in [5, 5.41) is 9.87. The minimum Gasteiger partial charge on any atom is -0.368 e. The molecule has 8 heteroatoms. The molecule has 1 aliphatic heterocycles. The molecule has 3 rings (SSSR count). The monoisotopic (exact) mass is 358 g/mol. The highest BCUT2D eigenvalue weighted by Crippen LogP contribution is 2.28. The minimum atomic E-state index is 0.574. The molecule has 1 saturated heterocycles. The van der Waals surface area contributed by atoms with Gasteiger partial charge in [0.2, 0.25) is 11.9 Å². The van der Waals surface area contributed by atoms with Crippen molar-refractivity contribution in [1.29, 1.82) is 0 Å². The lowest BCUT2D eigenvalue weighted by Gasteiger charge is -2.27. The quantitative estimate of drug-likeness (QED) is 0.663. The molecule has 26 heavy (non-hydrogen) atoms. The summed E-state index contributed by atoms with van der Waals surface area (Å²) in [5.74, 6) is 2.90. The van der Waals surface area contributed by atoms with Crippen LogP contribution in [0.15, 0.2) is 0 Å². The minimum absolute atomic E-state index is 0.574. The highest BCUT2D eigenvalue weighted by atomic mass is 15.3. The molecular formula is C18H30N8. The number of rotatable bonds is 8. The molecule has 0 atom stereocenters. The van der Waals surface area contributed by atoms with Crippen LogP contribution in [0.25, 0.3) is 11.0 Å². The molecule has 1 fully saturated rings. The van der Waals surface area contributed by atoms with E-state index in [1.54, 1.807) is 0 Å². The van der Waals surface area contributed by atoms with E-state index in [0.29, 0.717) is 5.95 Å². The first-order valence-corrected chi connectivity index (χ1v) is 9.77. The fourth-order valence-electron chi connectivity index (χ4n) is 3.08. The van der Waals surface area contributed by atoms with E-state index in [0.717, 1.165) is 67.6 Å². The third kappa shape index (κ3) is 4.05. The van der Waals surface area contributed by atoms with Crippen LogP contribution in [0.5, 0.6) is 0 Å². The molecule has 0 amide bonds. The van der Waals surface area contributed by atoms with Crippen molar-refractivity contribution in [2.75, 3.05) is 54.1 Å². The van der Waals surface area contributed by atoms with Crippen molar-refractivity contribution in [1.82, 2.24) is 19.9 Å². The zero-order chi connectivity index (χ0) is 18.4. The fourth-order valence-corrected chi connectivity index (χ4v) is 3.08. The van der Waals surface area contributed by atoms with E-state index in [1.807, 2.05) is 7.05 Å². The van der Waals surface area contributed by atoms with Gasteiger partial charge in [0.25, 0.3) is 0 Å². The zero-order valence-corrected chi connectivity index (χ0v) is 16.1. The summed E-state index contributed by atoms with van der Waals surface area (Å²) in [6.07, 6.45) is 5.70. The lowest BCUT2D eigenvalue weighted by molar-refractivity contribution is 0.569. The predicted octanol–water partition coefficient (Wildman–Crippen LogP) is 3.10. The van der Waals surface area contributed by atoms with Crippen molar-refractivity contribution in [2.45, 2.75) is 46.0 Å². The molecule has 0 aliphatic carbocycles. The van der Waals surface area contributed by atoms with Crippen molar-refractivity contribution >= 4 is 34.6 Å². The smallest absolute Gasteiger partial charge is 0.228 e. The van der Waals surface area contributed by atoms with E-state index in [-0.39, 0.29) is 0 Å². The second-order valence-corrected chi connectivity index (χ2v) is 6.62. The lowest BCUT2D eigenvalue weighted by atomic mass is 10.1. The Kier molecular flexibility index (Phi) is 6.25. The van der Waals surface area contributed by atoms with Crippen molar-refractivity contribution in [3.8, 4) is 0 Å². The lowest BCUT2D eigenvalue weighted by Crippen LogP contribution is -2.31. The highest BCUT2D eigenvalue weighted by Gasteiger charge is 2.20. The summed E-state index contributed by atoms with van der Waals surface area (Å²) >= 11 is 0. The van der Waals surface area contributed by atoms with Gasteiger partial charge in [0, 0.05) is 33.2 Å². The number of nitrogens with zero attached hydrogens (tertiary/aromatic N) is 5. The SMILES string of the molecule is CCCNc1nc(N2CCCCC2)nc2c(NCCC)nc(NC)nc12. The van der Waals surface area contributed by atoms with Gasteiger partial charge in [-0.1, -0.05) is 13.8 Å². The van der Waals surface area contributed by atoms with E-state index < -0.39 is 0 Å². The van der Waals surface area contributed by atoms with Crippen LogP contribution in [-0.2, 0) is 0 Å². The van der Waals surface area contributed by atoms with Crippen molar-refractivity contribution in [3.05, 3.63) is 0 Å². The number of nitrogens with one attached hydrogen (secondary N) is 3. The molecule has 0 saturated carbocycles. The van der Waals surface area contributed by atoms with Gasteiger partial charge in [0.15, 0.2) is 11.6 Å². The topological polar surface area (TPSA) is 90.9 Å². The van der Waals surface area contributed by atoms with Gasteiger partial charge < -0.3 is 20.9 Å². The van der Waals surface area contributed by atoms with Crippen molar-refractivity contribution in [3.63, 3.8) is 0 Å². The predicted molar refractivity (Wildman–Crippen MR) is 108 cm³/mol. The summed E-state index contributed by atoms with van der Waals surface area (Å²) in [6, 6.07) is 0. The summed E-state index contributed by atoms with van der Waals surface area (Å²) < 4.78 is 0.